The highest BCUT2D eigenvalue weighted by Crippen LogP contribution is 2.31. The van der Waals surface area contributed by atoms with E-state index >= 15 is 0 Å². The van der Waals surface area contributed by atoms with Gasteiger partial charge < -0.3 is 20.6 Å². The van der Waals surface area contributed by atoms with Crippen molar-refractivity contribution in [3.05, 3.63) is 24.3 Å². The molecule has 0 unspecified atom stereocenters. The van der Waals surface area contributed by atoms with E-state index < -0.39 is 0 Å². The number of primary amides is 1. The summed E-state index contributed by atoms with van der Waals surface area (Å²) < 4.78 is 2.21. The first-order valence-corrected chi connectivity index (χ1v) is 7.56. The van der Waals surface area contributed by atoms with E-state index in [-0.39, 0.29) is 12.3 Å². The number of fused-ring (bicyclic) bond motifs is 3. The van der Waals surface area contributed by atoms with Gasteiger partial charge in [0.15, 0.2) is 0 Å². The summed E-state index contributed by atoms with van der Waals surface area (Å²) in [5.74, 6) is 0.383. The molecular weight excluding hydrogens is 280 g/mol. The van der Waals surface area contributed by atoms with Gasteiger partial charge >= 0.3 is 0 Å². The minimum Gasteiger partial charge on any atom is -0.369 e. The van der Waals surface area contributed by atoms with Crippen LogP contribution in [0.15, 0.2) is 18.5 Å². The van der Waals surface area contributed by atoms with Crippen molar-refractivity contribution in [1.82, 2.24) is 24.8 Å². The smallest absolute Gasteiger partial charge is 0.225 e. The second-order valence-corrected chi connectivity index (χ2v) is 5.75. The maximum atomic E-state index is 11.4. The third-order valence-electron chi connectivity index (χ3n) is 4.31. The van der Waals surface area contributed by atoms with Crippen LogP contribution in [0.25, 0.3) is 22.1 Å². The standard InChI is InChI=1S/C15H18N6O/c16-12(22)7-13-20-11-8-19-15-10(3-6-18-15)14(11)21(13)9-1-4-17-5-2-9/h3,6,8-9,17H,1-2,4-5,7H2,(H2,16,22)(H,18,19). The number of aromatic amines is 1. The number of carbonyl (C=O) groups is 1. The Hall–Kier alpha value is -2.41. The number of H-pyrrole nitrogens is 1. The lowest BCUT2D eigenvalue weighted by Crippen LogP contribution is -2.30. The average Bonchev–Trinajstić information content (AvgIpc) is 3.10. The lowest BCUT2D eigenvalue weighted by atomic mass is 10.1. The maximum Gasteiger partial charge on any atom is 0.225 e. The monoisotopic (exact) mass is 298 g/mol. The van der Waals surface area contributed by atoms with Gasteiger partial charge in [-0.15, -0.1) is 0 Å². The van der Waals surface area contributed by atoms with E-state index in [1.54, 1.807) is 6.20 Å². The van der Waals surface area contributed by atoms with Gasteiger partial charge in [-0.1, -0.05) is 0 Å². The Bertz CT molecular complexity index is 842. The normalized spacial score (nSPS) is 16.5. The van der Waals surface area contributed by atoms with Crippen molar-refractivity contribution < 1.29 is 4.79 Å². The van der Waals surface area contributed by atoms with Crippen LogP contribution in [-0.2, 0) is 11.2 Å². The molecule has 1 fully saturated rings. The Morgan fingerprint density at radius 2 is 2.23 bits per heavy atom. The molecule has 0 spiro atoms. The predicted molar refractivity (Wildman–Crippen MR) is 83.4 cm³/mol. The number of hydrogen-bond acceptors (Lipinski definition) is 4. The van der Waals surface area contributed by atoms with E-state index in [1.165, 1.54) is 0 Å². The number of carbonyl (C=O) groups excluding carboxylic acids is 1. The molecule has 1 saturated heterocycles. The van der Waals surface area contributed by atoms with Crippen LogP contribution in [0.4, 0.5) is 0 Å². The number of aromatic nitrogens is 4. The van der Waals surface area contributed by atoms with Crippen LogP contribution in [0.1, 0.15) is 24.7 Å². The summed E-state index contributed by atoms with van der Waals surface area (Å²) in [6.07, 6.45) is 5.84. The van der Waals surface area contributed by atoms with E-state index in [1.807, 2.05) is 12.3 Å². The third-order valence-corrected chi connectivity index (χ3v) is 4.31. The molecule has 0 bridgehead atoms. The SMILES string of the molecule is NC(=O)Cc1nc2cnc3[nH]ccc3c2n1C1CCNCC1. The minimum atomic E-state index is -0.358. The van der Waals surface area contributed by atoms with Crippen molar-refractivity contribution in [3.63, 3.8) is 0 Å². The number of pyridine rings is 1. The molecule has 114 valence electrons. The number of nitrogens with two attached hydrogens (primary N) is 1. The van der Waals surface area contributed by atoms with Crippen molar-refractivity contribution in [2.45, 2.75) is 25.3 Å². The molecule has 0 radical (unpaired) electrons. The quantitative estimate of drug-likeness (QED) is 0.667. The highest BCUT2D eigenvalue weighted by atomic mass is 16.1. The minimum absolute atomic E-state index is 0.157. The van der Waals surface area contributed by atoms with Gasteiger partial charge in [-0.2, -0.15) is 0 Å². The second-order valence-electron chi connectivity index (χ2n) is 5.75. The molecule has 3 aromatic heterocycles. The summed E-state index contributed by atoms with van der Waals surface area (Å²) in [5, 5.41) is 4.41. The topological polar surface area (TPSA) is 102 Å². The first kappa shape index (κ1) is 13.3. The Labute approximate surface area is 126 Å². The van der Waals surface area contributed by atoms with Gasteiger partial charge in [0.25, 0.3) is 0 Å². The zero-order valence-electron chi connectivity index (χ0n) is 12.2. The summed E-state index contributed by atoms with van der Waals surface area (Å²) >= 11 is 0. The number of nitrogens with zero attached hydrogens (tertiary/aromatic N) is 3. The Balaban J connectivity index is 1.98. The van der Waals surface area contributed by atoms with Gasteiger partial charge in [-0.3, -0.25) is 4.79 Å². The van der Waals surface area contributed by atoms with Gasteiger partial charge in [0.2, 0.25) is 5.91 Å². The van der Waals surface area contributed by atoms with Crippen LogP contribution in [0, 0.1) is 0 Å². The lowest BCUT2D eigenvalue weighted by Gasteiger charge is -2.26. The number of rotatable bonds is 3. The number of imidazole rings is 1. The largest absolute Gasteiger partial charge is 0.369 e. The molecule has 22 heavy (non-hydrogen) atoms. The molecule has 1 aliphatic heterocycles. The van der Waals surface area contributed by atoms with Crippen molar-refractivity contribution >= 4 is 28.0 Å². The number of amides is 1. The number of hydrogen-bond donors (Lipinski definition) is 3. The Kier molecular flexibility index (Phi) is 3.07. The molecule has 7 heteroatoms. The molecule has 4 N–H and O–H groups in total. The van der Waals surface area contributed by atoms with Crippen molar-refractivity contribution in [2.24, 2.45) is 5.73 Å². The summed E-state index contributed by atoms with van der Waals surface area (Å²) in [7, 11) is 0. The first-order valence-electron chi connectivity index (χ1n) is 7.56. The van der Waals surface area contributed by atoms with Gasteiger partial charge in [0, 0.05) is 17.6 Å². The number of nitrogens with one attached hydrogen (secondary N) is 2. The average molecular weight is 298 g/mol. The van der Waals surface area contributed by atoms with Crippen molar-refractivity contribution in [3.8, 4) is 0 Å². The molecule has 0 atom stereocenters. The fourth-order valence-electron chi connectivity index (χ4n) is 3.38. The summed E-state index contributed by atoms with van der Waals surface area (Å²) in [6, 6.07) is 2.35. The molecule has 1 aliphatic rings. The van der Waals surface area contributed by atoms with Gasteiger partial charge in [-0.25, -0.2) is 9.97 Å². The van der Waals surface area contributed by atoms with Crippen LogP contribution in [0.2, 0.25) is 0 Å². The molecule has 7 nitrogen and oxygen atoms in total. The molecule has 0 aromatic carbocycles. The van der Waals surface area contributed by atoms with Gasteiger partial charge in [-0.05, 0) is 32.0 Å². The summed E-state index contributed by atoms with van der Waals surface area (Å²) in [6.45, 7) is 1.95. The zero-order valence-corrected chi connectivity index (χ0v) is 12.2. The van der Waals surface area contributed by atoms with Crippen LogP contribution in [0.5, 0.6) is 0 Å². The van der Waals surface area contributed by atoms with Crippen LogP contribution < -0.4 is 11.1 Å². The fourth-order valence-corrected chi connectivity index (χ4v) is 3.38. The van der Waals surface area contributed by atoms with Gasteiger partial charge in [0.05, 0.1) is 18.1 Å². The highest BCUT2D eigenvalue weighted by molar-refractivity contribution is 6.01. The molecular formula is C15H18N6O. The van der Waals surface area contributed by atoms with Crippen LogP contribution in [-0.4, -0.2) is 38.5 Å². The molecule has 0 saturated carbocycles. The summed E-state index contributed by atoms with van der Waals surface area (Å²) in [5.41, 5.74) is 8.12. The zero-order chi connectivity index (χ0) is 15.1. The molecule has 4 rings (SSSR count). The fraction of sp³-hybridized carbons (Fsp3) is 0.400. The molecule has 1 amide bonds. The van der Waals surface area contributed by atoms with E-state index in [4.69, 9.17) is 5.73 Å². The van der Waals surface area contributed by atoms with Crippen molar-refractivity contribution in [1.29, 1.82) is 0 Å². The molecule has 4 heterocycles. The van der Waals surface area contributed by atoms with Gasteiger partial charge in [0.1, 0.15) is 17.0 Å². The van der Waals surface area contributed by atoms with Crippen LogP contribution >= 0.6 is 0 Å². The Morgan fingerprint density at radius 1 is 1.41 bits per heavy atom. The first-order chi connectivity index (χ1) is 10.7. The maximum absolute atomic E-state index is 11.4. The van der Waals surface area contributed by atoms with E-state index in [9.17, 15) is 4.79 Å². The lowest BCUT2D eigenvalue weighted by molar-refractivity contribution is -0.117. The summed E-state index contributed by atoms with van der Waals surface area (Å²) in [4.78, 5) is 23.6. The Morgan fingerprint density at radius 3 is 3.00 bits per heavy atom. The predicted octanol–water partition coefficient (Wildman–Crippen LogP) is 0.865. The third kappa shape index (κ3) is 2.05. The van der Waals surface area contributed by atoms with E-state index in [0.717, 1.165) is 53.8 Å². The molecule has 3 aromatic rings. The van der Waals surface area contributed by atoms with E-state index in [2.05, 4.69) is 24.8 Å². The van der Waals surface area contributed by atoms with Crippen molar-refractivity contribution in [2.75, 3.05) is 13.1 Å². The number of piperidine rings is 1. The van der Waals surface area contributed by atoms with E-state index in [0.29, 0.717) is 6.04 Å². The second kappa shape index (κ2) is 5.10. The highest BCUT2D eigenvalue weighted by Gasteiger charge is 2.23. The molecule has 0 aliphatic carbocycles. The van der Waals surface area contributed by atoms with Crippen LogP contribution in [0.3, 0.4) is 0 Å².